The zero-order chi connectivity index (χ0) is 19.1. The van der Waals surface area contributed by atoms with Crippen molar-refractivity contribution in [2.24, 2.45) is 10.2 Å². The fraction of sp³-hybridized carbons (Fsp3) is 0.316. The molecule has 0 spiro atoms. The maximum atomic E-state index is 9.12. The third-order valence-electron chi connectivity index (χ3n) is 3.91. The summed E-state index contributed by atoms with van der Waals surface area (Å²) in [5.41, 5.74) is 2.67. The van der Waals surface area contributed by atoms with Crippen LogP contribution in [0.3, 0.4) is 0 Å². The van der Waals surface area contributed by atoms with Crippen LogP contribution in [0, 0.1) is 0 Å². The van der Waals surface area contributed by atoms with Crippen LogP contribution < -0.4 is 9.64 Å². The molecule has 2 aromatic carbocycles. The first kappa shape index (κ1) is 19.5. The minimum atomic E-state index is 0.130. The van der Waals surface area contributed by atoms with E-state index in [1.165, 1.54) is 11.3 Å². The Kier molecular flexibility index (Phi) is 6.98. The average molecular weight is 405 g/mol. The first-order chi connectivity index (χ1) is 13.2. The van der Waals surface area contributed by atoms with Crippen molar-refractivity contribution >= 4 is 49.7 Å². The fourth-order valence-corrected chi connectivity index (χ4v) is 3.50. The quantitative estimate of drug-likeness (QED) is 0.395. The maximum absolute atomic E-state index is 9.12. The van der Waals surface area contributed by atoms with E-state index in [4.69, 9.17) is 21.4 Å². The molecule has 6 nitrogen and oxygen atoms in total. The summed E-state index contributed by atoms with van der Waals surface area (Å²) >= 11 is 7.11. The molecule has 1 aromatic heterocycles. The number of aliphatic hydroxyl groups is 1. The van der Waals surface area contributed by atoms with E-state index in [9.17, 15) is 0 Å². The topological polar surface area (TPSA) is 70.3 Å². The molecule has 0 aliphatic heterocycles. The van der Waals surface area contributed by atoms with Gasteiger partial charge in [-0.05, 0) is 49.4 Å². The van der Waals surface area contributed by atoms with Gasteiger partial charge in [0.25, 0.3) is 0 Å². The van der Waals surface area contributed by atoms with Crippen LogP contribution >= 0.6 is 22.9 Å². The summed E-state index contributed by atoms with van der Waals surface area (Å²) in [5.74, 6) is 1.23. The summed E-state index contributed by atoms with van der Waals surface area (Å²) in [4.78, 5) is 6.57. The molecule has 0 bridgehead atoms. The lowest BCUT2D eigenvalue weighted by molar-refractivity contribution is 0.302. The van der Waals surface area contributed by atoms with Gasteiger partial charge in [-0.3, -0.25) is 0 Å². The number of likely N-dealkylation sites (N-methyl/N-ethyl adjacent to an activating group) is 1. The molecule has 3 rings (SSSR count). The number of halogens is 1. The number of aliphatic hydroxyl groups excluding tert-OH is 1. The first-order valence-electron chi connectivity index (χ1n) is 8.70. The van der Waals surface area contributed by atoms with Gasteiger partial charge in [0.2, 0.25) is 5.13 Å². The Morgan fingerprint density at radius 3 is 2.70 bits per heavy atom. The standard InChI is InChI=1S/C19H21ClN4O2S/c1-2-24(10-11-25)15-5-3-14(4-6-15)22-23-19-21-17-8-7-16(26-12-9-20)13-18(17)27-19/h3-8,13,25H,2,9-12H2,1H3. The number of rotatable bonds is 9. The molecule has 142 valence electrons. The Bertz CT molecular complexity index is 898. The van der Waals surface area contributed by atoms with Crippen LogP contribution in [0.5, 0.6) is 5.75 Å². The fourth-order valence-electron chi connectivity index (χ4n) is 2.60. The third-order valence-corrected chi connectivity index (χ3v) is 4.97. The predicted molar refractivity (Wildman–Crippen MR) is 111 cm³/mol. The van der Waals surface area contributed by atoms with E-state index in [0.29, 0.717) is 24.2 Å². The molecule has 0 amide bonds. The minimum absolute atomic E-state index is 0.130. The summed E-state index contributed by atoms with van der Waals surface area (Å²) in [5, 5.41) is 18.2. The minimum Gasteiger partial charge on any atom is -0.492 e. The van der Waals surface area contributed by atoms with Crippen molar-refractivity contribution in [3.63, 3.8) is 0 Å². The van der Waals surface area contributed by atoms with Gasteiger partial charge < -0.3 is 14.7 Å². The van der Waals surface area contributed by atoms with Gasteiger partial charge in [0, 0.05) is 18.8 Å². The van der Waals surface area contributed by atoms with Crippen LogP contribution in [0.15, 0.2) is 52.7 Å². The molecule has 0 radical (unpaired) electrons. The number of fused-ring (bicyclic) bond motifs is 1. The lowest BCUT2D eigenvalue weighted by Crippen LogP contribution is -2.25. The molecule has 27 heavy (non-hydrogen) atoms. The lowest BCUT2D eigenvalue weighted by Gasteiger charge is -2.21. The van der Waals surface area contributed by atoms with E-state index in [1.54, 1.807) is 0 Å². The van der Waals surface area contributed by atoms with Crippen LogP contribution in [0.2, 0.25) is 0 Å². The van der Waals surface area contributed by atoms with Crippen LogP contribution in [0.25, 0.3) is 10.2 Å². The van der Waals surface area contributed by atoms with Crippen LogP contribution in [-0.2, 0) is 0 Å². The molecular weight excluding hydrogens is 384 g/mol. The highest BCUT2D eigenvalue weighted by Gasteiger charge is 2.06. The highest BCUT2D eigenvalue weighted by atomic mass is 35.5. The number of anilines is 1. The van der Waals surface area contributed by atoms with Crippen molar-refractivity contribution in [2.45, 2.75) is 6.92 Å². The van der Waals surface area contributed by atoms with Crippen molar-refractivity contribution in [1.29, 1.82) is 0 Å². The number of hydrogen-bond donors (Lipinski definition) is 1. The molecule has 0 unspecified atom stereocenters. The Balaban J connectivity index is 1.71. The van der Waals surface area contributed by atoms with Gasteiger partial charge in [-0.15, -0.1) is 21.8 Å². The van der Waals surface area contributed by atoms with E-state index >= 15 is 0 Å². The first-order valence-corrected chi connectivity index (χ1v) is 10.1. The maximum Gasteiger partial charge on any atom is 0.231 e. The number of hydrogen-bond acceptors (Lipinski definition) is 7. The van der Waals surface area contributed by atoms with E-state index in [1.807, 2.05) is 42.5 Å². The van der Waals surface area contributed by atoms with Gasteiger partial charge in [-0.25, -0.2) is 4.98 Å². The monoisotopic (exact) mass is 404 g/mol. The molecule has 0 aliphatic carbocycles. The highest BCUT2D eigenvalue weighted by molar-refractivity contribution is 7.21. The largest absolute Gasteiger partial charge is 0.492 e. The average Bonchev–Trinajstić information content (AvgIpc) is 3.11. The second-order valence-corrected chi connectivity index (χ2v) is 7.07. The van der Waals surface area contributed by atoms with Gasteiger partial charge >= 0.3 is 0 Å². The van der Waals surface area contributed by atoms with Gasteiger partial charge in [0.1, 0.15) is 12.4 Å². The molecule has 0 atom stereocenters. The highest BCUT2D eigenvalue weighted by Crippen LogP contribution is 2.32. The number of thiazole rings is 1. The van der Waals surface area contributed by atoms with Crippen molar-refractivity contribution in [2.75, 3.05) is 37.1 Å². The van der Waals surface area contributed by atoms with Crippen molar-refractivity contribution in [1.82, 2.24) is 4.98 Å². The molecule has 0 fully saturated rings. The van der Waals surface area contributed by atoms with Crippen molar-refractivity contribution in [3.05, 3.63) is 42.5 Å². The van der Waals surface area contributed by atoms with E-state index in [0.717, 1.165) is 33.9 Å². The van der Waals surface area contributed by atoms with Crippen molar-refractivity contribution in [3.8, 4) is 5.75 Å². The Morgan fingerprint density at radius 1 is 1.19 bits per heavy atom. The lowest BCUT2D eigenvalue weighted by atomic mass is 10.2. The Hall–Kier alpha value is -2.22. The molecule has 1 N–H and O–H groups in total. The van der Waals surface area contributed by atoms with E-state index in [-0.39, 0.29) is 6.61 Å². The zero-order valence-electron chi connectivity index (χ0n) is 15.0. The number of ether oxygens (including phenoxy) is 1. The van der Waals surface area contributed by atoms with Gasteiger partial charge in [0.15, 0.2) is 0 Å². The summed E-state index contributed by atoms with van der Waals surface area (Å²) in [6, 6.07) is 13.5. The smallest absolute Gasteiger partial charge is 0.231 e. The summed E-state index contributed by atoms with van der Waals surface area (Å²) in [6.07, 6.45) is 0. The van der Waals surface area contributed by atoms with Crippen LogP contribution in [0.1, 0.15) is 6.92 Å². The van der Waals surface area contributed by atoms with Gasteiger partial charge in [-0.1, -0.05) is 11.3 Å². The molecular formula is C19H21ClN4O2S. The molecule has 1 heterocycles. The summed E-state index contributed by atoms with van der Waals surface area (Å²) in [6.45, 7) is 4.11. The second kappa shape index (κ2) is 9.64. The molecule has 0 aliphatic rings. The second-order valence-electron chi connectivity index (χ2n) is 5.68. The predicted octanol–water partition coefficient (Wildman–Crippen LogP) is 5.15. The summed E-state index contributed by atoms with van der Waals surface area (Å²) < 4.78 is 6.53. The van der Waals surface area contributed by atoms with Gasteiger partial charge in [0.05, 0.1) is 28.4 Å². The van der Waals surface area contributed by atoms with E-state index < -0.39 is 0 Å². The van der Waals surface area contributed by atoms with Crippen molar-refractivity contribution < 1.29 is 9.84 Å². The third kappa shape index (κ3) is 5.15. The number of nitrogens with zero attached hydrogens (tertiary/aromatic N) is 4. The molecule has 0 saturated heterocycles. The number of azo groups is 1. The molecule has 3 aromatic rings. The Morgan fingerprint density at radius 2 is 2.00 bits per heavy atom. The van der Waals surface area contributed by atoms with Gasteiger partial charge in [-0.2, -0.15) is 0 Å². The normalized spacial score (nSPS) is 11.4. The van der Waals surface area contributed by atoms with E-state index in [2.05, 4.69) is 27.0 Å². The summed E-state index contributed by atoms with van der Waals surface area (Å²) in [7, 11) is 0. The number of aromatic nitrogens is 1. The van der Waals surface area contributed by atoms with Crippen LogP contribution in [-0.4, -0.2) is 42.3 Å². The van der Waals surface area contributed by atoms with Crippen LogP contribution in [0.4, 0.5) is 16.5 Å². The molecule has 0 saturated carbocycles. The zero-order valence-corrected chi connectivity index (χ0v) is 16.6. The SMILES string of the molecule is CCN(CCO)c1ccc(N=Nc2nc3ccc(OCCCl)cc3s2)cc1. The Labute approximate surface area is 167 Å². The molecule has 8 heteroatoms. The number of alkyl halides is 1. The number of benzene rings is 2.